The monoisotopic (exact) mass is 461 g/mol. The number of quaternary nitrogens is 1. The van der Waals surface area contributed by atoms with E-state index in [0.29, 0.717) is 0 Å². The summed E-state index contributed by atoms with van der Waals surface area (Å²) < 4.78 is 7.33. The highest BCUT2D eigenvalue weighted by atomic mass is 127. The number of fused-ring (bicyclic) bond motifs is 3. The summed E-state index contributed by atoms with van der Waals surface area (Å²) in [7, 11) is 0. The highest BCUT2D eigenvalue weighted by Gasteiger charge is 2.39. The molecule has 2 nitrogen and oxygen atoms in total. The highest BCUT2D eigenvalue weighted by Crippen LogP contribution is 2.33. The van der Waals surface area contributed by atoms with Crippen LogP contribution >= 0.6 is 0 Å². The van der Waals surface area contributed by atoms with Crippen LogP contribution in [0.2, 0.25) is 0 Å². The lowest BCUT2D eigenvalue weighted by molar-refractivity contribution is -0.942. The van der Waals surface area contributed by atoms with Crippen LogP contribution in [0.25, 0.3) is 12.2 Å². The van der Waals surface area contributed by atoms with E-state index in [1.807, 2.05) is 6.07 Å². The molecule has 3 saturated heterocycles. The molecule has 0 spiro atoms. The zero-order chi connectivity index (χ0) is 17.0. The van der Waals surface area contributed by atoms with Crippen LogP contribution in [-0.2, 0) is 0 Å². The Labute approximate surface area is 174 Å². The van der Waals surface area contributed by atoms with Crippen LogP contribution in [0.4, 0.5) is 0 Å². The van der Waals surface area contributed by atoms with Crippen LogP contribution in [-0.4, -0.2) is 37.3 Å². The number of nitrogens with zero attached hydrogens (tertiary/aromatic N) is 1. The summed E-state index contributed by atoms with van der Waals surface area (Å²) in [5.74, 6) is 2.01. The van der Waals surface area contributed by atoms with Crippen molar-refractivity contribution in [3.63, 3.8) is 0 Å². The average molecular weight is 461 g/mol. The second-order valence-corrected chi connectivity index (χ2v) is 7.63. The molecule has 3 heterocycles. The van der Waals surface area contributed by atoms with Crippen molar-refractivity contribution < 1.29 is 33.2 Å². The van der Waals surface area contributed by atoms with E-state index in [9.17, 15) is 0 Å². The van der Waals surface area contributed by atoms with Crippen LogP contribution < -0.4 is 28.7 Å². The van der Waals surface area contributed by atoms with Gasteiger partial charge in [0.05, 0.1) is 19.6 Å². The first kappa shape index (κ1) is 19.4. The number of rotatable bonds is 6. The highest BCUT2D eigenvalue weighted by molar-refractivity contribution is 5.69. The van der Waals surface area contributed by atoms with Gasteiger partial charge in [0.15, 0.2) is 0 Å². The minimum Gasteiger partial charge on any atom is -1.00 e. The first-order chi connectivity index (χ1) is 12.3. The molecular weight excluding hydrogens is 433 g/mol. The van der Waals surface area contributed by atoms with Gasteiger partial charge in [0.25, 0.3) is 0 Å². The summed E-state index contributed by atoms with van der Waals surface area (Å²) in [5.41, 5.74) is 2.43. The number of benzene rings is 2. The molecule has 0 aromatic heterocycles. The standard InChI is InChI=1S/C23H28NO.HI/c1-2-4-20(5-3-1)6-7-21-8-10-23(11-9-21)25-19-18-24-15-12-22(13-16-24)14-17-24;/h1-11,22H,12-19H2;1H/q+1;/p-1/b7-6+;. The normalized spacial score (nSPS) is 24.4. The van der Waals surface area contributed by atoms with Crippen LogP contribution in [0.1, 0.15) is 30.4 Å². The Bertz CT molecular complexity index is 689. The lowest BCUT2D eigenvalue weighted by Gasteiger charge is -2.49. The molecule has 2 bridgehead atoms. The molecule has 0 saturated carbocycles. The third kappa shape index (κ3) is 4.89. The third-order valence-electron chi connectivity index (χ3n) is 6.02. The lowest BCUT2D eigenvalue weighted by atomic mass is 9.86. The molecule has 5 rings (SSSR count). The maximum atomic E-state index is 6.03. The van der Waals surface area contributed by atoms with Crippen LogP contribution in [0.15, 0.2) is 54.6 Å². The summed E-state index contributed by atoms with van der Waals surface area (Å²) in [5, 5.41) is 0. The van der Waals surface area contributed by atoms with Gasteiger partial charge in [0.2, 0.25) is 0 Å². The molecule has 3 aliphatic rings. The molecule has 3 fully saturated rings. The van der Waals surface area contributed by atoms with E-state index in [1.165, 1.54) is 61.1 Å². The summed E-state index contributed by atoms with van der Waals surface area (Å²) in [4.78, 5) is 0. The number of hydrogen-bond acceptors (Lipinski definition) is 1. The van der Waals surface area contributed by atoms with Crippen molar-refractivity contribution in [1.29, 1.82) is 0 Å². The second kappa shape index (κ2) is 9.05. The first-order valence-electron chi connectivity index (χ1n) is 9.63. The minimum absolute atomic E-state index is 0. The smallest absolute Gasteiger partial charge is 0.137 e. The van der Waals surface area contributed by atoms with E-state index in [1.54, 1.807) is 0 Å². The Morgan fingerprint density at radius 3 is 2.00 bits per heavy atom. The number of ether oxygens (including phenoxy) is 1. The van der Waals surface area contributed by atoms with Crippen molar-refractivity contribution in [2.75, 3.05) is 32.8 Å². The Morgan fingerprint density at radius 2 is 1.38 bits per heavy atom. The molecule has 2 aromatic carbocycles. The van der Waals surface area contributed by atoms with Gasteiger partial charge in [-0.15, -0.1) is 0 Å². The van der Waals surface area contributed by atoms with E-state index in [2.05, 4.69) is 60.7 Å². The van der Waals surface area contributed by atoms with Gasteiger partial charge in [0.1, 0.15) is 18.9 Å². The summed E-state index contributed by atoms with van der Waals surface area (Å²) >= 11 is 0. The molecule has 0 amide bonds. The van der Waals surface area contributed by atoms with Gasteiger partial charge in [-0.1, -0.05) is 54.6 Å². The zero-order valence-electron chi connectivity index (χ0n) is 15.3. The van der Waals surface area contributed by atoms with Crippen molar-refractivity contribution in [3.8, 4) is 5.75 Å². The molecule has 0 radical (unpaired) electrons. The molecule has 26 heavy (non-hydrogen) atoms. The summed E-state index contributed by atoms with van der Waals surface area (Å²) in [6, 6.07) is 18.8. The van der Waals surface area contributed by atoms with Crippen LogP contribution in [0.3, 0.4) is 0 Å². The molecule has 0 N–H and O–H groups in total. The average Bonchev–Trinajstić information content (AvgIpc) is 2.69. The van der Waals surface area contributed by atoms with Crippen LogP contribution in [0, 0.1) is 5.92 Å². The number of piperidine rings is 3. The molecule has 3 aliphatic heterocycles. The van der Waals surface area contributed by atoms with Gasteiger partial charge < -0.3 is 33.2 Å². The molecule has 2 aromatic rings. The van der Waals surface area contributed by atoms with Gasteiger partial charge in [-0.3, -0.25) is 0 Å². The Kier molecular flexibility index (Phi) is 6.76. The van der Waals surface area contributed by atoms with E-state index in [-0.39, 0.29) is 24.0 Å². The molecule has 0 atom stereocenters. The van der Waals surface area contributed by atoms with E-state index < -0.39 is 0 Å². The van der Waals surface area contributed by atoms with Crippen molar-refractivity contribution in [1.82, 2.24) is 0 Å². The Balaban J connectivity index is 0.00000196. The number of halogens is 1. The fourth-order valence-electron chi connectivity index (χ4n) is 4.26. The first-order valence-corrected chi connectivity index (χ1v) is 9.63. The van der Waals surface area contributed by atoms with Crippen molar-refractivity contribution in [3.05, 3.63) is 65.7 Å². The predicted octanol–water partition coefficient (Wildman–Crippen LogP) is 1.87. The van der Waals surface area contributed by atoms with Gasteiger partial charge in [-0.25, -0.2) is 0 Å². The van der Waals surface area contributed by atoms with Gasteiger partial charge in [0, 0.05) is 0 Å². The number of hydrogen-bond donors (Lipinski definition) is 0. The Morgan fingerprint density at radius 1 is 0.808 bits per heavy atom. The quantitative estimate of drug-likeness (QED) is 0.363. The lowest BCUT2D eigenvalue weighted by Crippen LogP contribution is -3.00. The maximum absolute atomic E-state index is 6.03. The molecule has 3 heteroatoms. The minimum atomic E-state index is 0. The molecule has 0 unspecified atom stereocenters. The topological polar surface area (TPSA) is 9.23 Å². The van der Waals surface area contributed by atoms with Crippen molar-refractivity contribution in [2.45, 2.75) is 19.3 Å². The Hall–Kier alpha value is -1.33. The van der Waals surface area contributed by atoms with Crippen molar-refractivity contribution in [2.24, 2.45) is 5.92 Å². The third-order valence-corrected chi connectivity index (χ3v) is 6.02. The van der Waals surface area contributed by atoms with Gasteiger partial charge in [-0.2, -0.15) is 0 Å². The SMILES string of the molecule is C(=C\c1ccc(OCC[N+]23CCC(CC2)CC3)cc1)/c1ccccc1.[I-]. The predicted molar refractivity (Wildman–Crippen MR) is 104 cm³/mol. The van der Waals surface area contributed by atoms with E-state index in [0.717, 1.165) is 18.3 Å². The molecular formula is C23H28INO. The largest absolute Gasteiger partial charge is 1.00 e. The van der Waals surface area contributed by atoms with E-state index >= 15 is 0 Å². The summed E-state index contributed by atoms with van der Waals surface area (Å²) in [6.45, 7) is 6.12. The van der Waals surface area contributed by atoms with Crippen LogP contribution in [0.5, 0.6) is 5.75 Å². The fraction of sp³-hybridized carbons (Fsp3) is 0.391. The van der Waals surface area contributed by atoms with E-state index in [4.69, 9.17) is 4.74 Å². The molecule has 138 valence electrons. The molecule has 0 aliphatic carbocycles. The maximum Gasteiger partial charge on any atom is 0.137 e. The second-order valence-electron chi connectivity index (χ2n) is 7.63. The van der Waals surface area contributed by atoms with Crippen molar-refractivity contribution >= 4 is 12.2 Å². The van der Waals surface area contributed by atoms with Gasteiger partial charge in [-0.05, 0) is 48.4 Å². The fourth-order valence-corrected chi connectivity index (χ4v) is 4.26. The van der Waals surface area contributed by atoms with Gasteiger partial charge >= 0.3 is 0 Å². The summed E-state index contributed by atoms with van der Waals surface area (Å²) in [6.07, 6.45) is 8.59. The zero-order valence-corrected chi connectivity index (χ0v) is 17.5.